The molecule has 0 saturated carbocycles. The van der Waals surface area contributed by atoms with Gasteiger partial charge in [-0.1, -0.05) is 19.4 Å². The Balaban J connectivity index is 2.22. The average Bonchev–Trinajstić information content (AvgIpc) is 2.30. The Morgan fingerprint density at radius 2 is 2.25 bits per heavy atom. The van der Waals surface area contributed by atoms with Crippen molar-refractivity contribution in [1.82, 2.24) is 0 Å². The summed E-state index contributed by atoms with van der Waals surface area (Å²) in [7, 11) is 0. The Hall–Kier alpha value is -0.930. The van der Waals surface area contributed by atoms with Crippen molar-refractivity contribution in [2.24, 2.45) is 0 Å². The number of ether oxygens (including phenoxy) is 2. The highest BCUT2D eigenvalue weighted by molar-refractivity contribution is 6.18. The van der Waals surface area contributed by atoms with E-state index in [0.29, 0.717) is 11.5 Å². The van der Waals surface area contributed by atoms with E-state index in [0.717, 1.165) is 12.8 Å². The van der Waals surface area contributed by atoms with Crippen molar-refractivity contribution in [2.75, 3.05) is 12.5 Å². The zero-order valence-corrected chi connectivity index (χ0v) is 9.96. The van der Waals surface area contributed by atoms with Crippen LogP contribution in [0.4, 0.5) is 0 Å². The highest BCUT2D eigenvalue weighted by atomic mass is 35.5. The van der Waals surface area contributed by atoms with Gasteiger partial charge >= 0.3 is 0 Å². The maximum atomic E-state index is 9.82. The summed E-state index contributed by atoms with van der Waals surface area (Å²) in [6, 6.07) is 5.75. The Morgan fingerprint density at radius 3 is 2.94 bits per heavy atom. The molecule has 0 radical (unpaired) electrons. The lowest BCUT2D eigenvalue weighted by Crippen LogP contribution is -2.46. The van der Waals surface area contributed by atoms with Crippen LogP contribution in [0.2, 0.25) is 0 Å². The summed E-state index contributed by atoms with van der Waals surface area (Å²) in [5.74, 6) is -0.181. The van der Waals surface area contributed by atoms with Crippen LogP contribution in [0.15, 0.2) is 18.2 Å². The molecule has 1 atom stereocenters. The molecule has 1 aromatic rings. The van der Waals surface area contributed by atoms with Crippen LogP contribution in [0.1, 0.15) is 18.9 Å². The Kier molecular flexibility index (Phi) is 3.26. The number of hydrogen-bond acceptors (Lipinski definition) is 3. The second-order valence-corrected chi connectivity index (χ2v) is 4.27. The first kappa shape index (κ1) is 11.6. The third-order valence-corrected chi connectivity index (χ3v) is 2.93. The lowest BCUT2D eigenvalue weighted by molar-refractivity contribution is -0.156. The lowest BCUT2D eigenvalue weighted by atomic mass is 10.1. The van der Waals surface area contributed by atoms with E-state index in [1.807, 2.05) is 18.2 Å². The number of rotatable bonds is 3. The van der Waals surface area contributed by atoms with E-state index in [4.69, 9.17) is 21.1 Å². The van der Waals surface area contributed by atoms with Crippen LogP contribution in [-0.4, -0.2) is 23.4 Å². The van der Waals surface area contributed by atoms with Crippen LogP contribution in [0.3, 0.4) is 0 Å². The van der Waals surface area contributed by atoms with Crippen molar-refractivity contribution >= 4 is 11.6 Å². The lowest BCUT2D eigenvalue weighted by Gasteiger charge is -2.32. The second kappa shape index (κ2) is 4.52. The fraction of sp³-hybridized carbons (Fsp3) is 0.500. The van der Waals surface area contributed by atoms with Crippen molar-refractivity contribution < 1.29 is 14.6 Å². The van der Waals surface area contributed by atoms with Gasteiger partial charge in [-0.25, -0.2) is 0 Å². The number of hydrogen-bond donors (Lipinski definition) is 1. The highest BCUT2D eigenvalue weighted by Crippen LogP contribution is 2.35. The third kappa shape index (κ3) is 2.25. The topological polar surface area (TPSA) is 38.7 Å². The Morgan fingerprint density at radius 1 is 1.44 bits per heavy atom. The van der Waals surface area contributed by atoms with E-state index in [1.54, 1.807) is 0 Å². The third-order valence-electron chi connectivity index (χ3n) is 2.51. The maximum Gasteiger partial charge on any atom is 0.256 e. The SMILES string of the molecule is CCCc1ccc2c(c1)OCC(O)(CCl)O2. The standard InChI is InChI=1S/C12H15ClO3/c1-2-3-9-4-5-10-11(6-9)15-8-12(14,7-13)16-10/h4-6,14H,2-3,7-8H2,1H3. The first-order chi connectivity index (χ1) is 7.67. The predicted octanol–water partition coefficient (Wildman–Crippen LogP) is 2.34. The van der Waals surface area contributed by atoms with Crippen LogP contribution in [0.25, 0.3) is 0 Å². The van der Waals surface area contributed by atoms with Crippen LogP contribution in [-0.2, 0) is 6.42 Å². The molecule has 0 bridgehead atoms. The summed E-state index contributed by atoms with van der Waals surface area (Å²) in [5.41, 5.74) is 1.21. The summed E-state index contributed by atoms with van der Waals surface area (Å²) < 4.78 is 10.9. The fourth-order valence-electron chi connectivity index (χ4n) is 1.68. The molecule has 0 fully saturated rings. The van der Waals surface area contributed by atoms with Gasteiger partial charge in [0.05, 0.1) is 5.88 Å². The van der Waals surface area contributed by atoms with E-state index in [-0.39, 0.29) is 12.5 Å². The Labute approximate surface area is 99.9 Å². The van der Waals surface area contributed by atoms with E-state index in [2.05, 4.69) is 6.92 Å². The zero-order chi connectivity index (χ0) is 11.6. The smallest absolute Gasteiger partial charge is 0.256 e. The molecule has 4 heteroatoms. The monoisotopic (exact) mass is 242 g/mol. The van der Waals surface area contributed by atoms with Crippen molar-refractivity contribution in [3.8, 4) is 11.5 Å². The van der Waals surface area contributed by atoms with Crippen molar-refractivity contribution in [3.63, 3.8) is 0 Å². The van der Waals surface area contributed by atoms with Gasteiger partial charge in [0.1, 0.15) is 0 Å². The molecule has 1 N–H and O–H groups in total. The minimum Gasteiger partial charge on any atom is -0.483 e. The summed E-state index contributed by atoms with van der Waals surface area (Å²) >= 11 is 5.61. The van der Waals surface area contributed by atoms with Gasteiger partial charge < -0.3 is 14.6 Å². The summed E-state index contributed by atoms with van der Waals surface area (Å²) in [6.07, 6.45) is 2.10. The molecule has 2 rings (SSSR count). The highest BCUT2D eigenvalue weighted by Gasteiger charge is 2.34. The van der Waals surface area contributed by atoms with E-state index in [1.165, 1.54) is 5.56 Å². The van der Waals surface area contributed by atoms with E-state index in [9.17, 15) is 5.11 Å². The van der Waals surface area contributed by atoms with Gasteiger partial charge in [-0.2, -0.15) is 0 Å². The van der Waals surface area contributed by atoms with Crippen LogP contribution in [0.5, 0.6) is 11.5 Å². The minimum absolute atomic E-state index is 0.0108. The van der Waals surface area contributed by atoms with Crippen LogP contribution in [0, 0.1) is 0 Å². The quantitative estimate of drug-likeness (QED) is 0.827. The van der Waals surface area contributed by atoms with Gasteiger partial charge in [-0.05, 0) is 24.1 Å². The molecule has 1 heterocycles. The number of halogens is 1. The molecule has 1 aliphatic heterocycles. The number of aryl methyl sites for hydroxylation is 1. The number of benzene rings is 1. The second-order valence-electron chi connectivity index (χ2n) is 4.00. The molecule has 16 heavy (non-hydrogen) atoms. The van der Waals surface area contributed by atoms with Crippen LogP contribution < -0.4 is 9.47 Å². The maximum absolute atomic E-state index is 9.82. The number of fused-ring (bicyclic) bond motifs is 1. The minimum atomic E-state index is -1.40. The molecule has 0 saturated heterocycles. The summed E-state index contributed by atoms with van der Waals surface area (Å²) in [5, 5.41) is 9.82. The molecule has 0 aliphatic carbocycles. The zero-order valence-electron chi connectivity index (χ0n) is 9.20. The predicted molar refractivity (Wildman–Crippen MR) is 62.2 cm³/mol. The first-order valence-corrected chi connectivity index (χ1v) is 5.93. The molecule has 0 spiro atoms. The molecular formula is C12H15ClO3. The largest absolute Gasteiger partial charge is 0.483 e. The van der Waals surface area contributed by atoms with Gasteiger partial charge in [0.2, 0.25) is 0 Å². The van der Waals surface area contributed by atoms with Gasteiger partial charge in [0.15, 0.2) is 18.1 Å². The van der Waals surface area contributed by atoms with Crippen molar-refractivity contribution in [1.29, 1.82) is 0 Å². The molecule has 3 nitrogen and oxygen atoms in total. The van der Waals surface area contributed by atoms with Crippen LogP contribution >= 0.6 is 11.6 Å². The average molecular weight is 243 g/mol. The molecule has 88 valence electrons. The van der Waals surface area contributed by atoms with Gasteiger partial charge in [-0.15, -0.1) is 11.6 Å². The van der Waals surface area contributed by atoms with Crippen molar-refractivity contribution in [2.45, 2.75) is 25.6 Å². The van der Waals surface area contributed by atoms with Gasteiger partial charge in [0, 0.05) is 0 Å². The van der Waals surface area contributed by atoms with Gasteiger partial charge in [-0.3, -0.25) is 0 Å². The van der Waals surface area contributed by atoms with E-state index < -0.39 is 5.79 Å². The molecule has 0 aromatic heterocycles. The number of aliphatic hydroxyl groups is 1. The summed E-state index contributed by atoms with van der Waals surface area (Å²) in [6.45, 7) is 2.20. The molecule has 0 amide bonds. The molecule has 1 aliphatic rings. The normalized spacial score (nSPS) is 23.2. The first-order valence-electron chi connectivity index (χ1n) is 5.40. The van der Waals surface area contributed by atoms with Gasteiger partial charge in [0.25, 0.3) is 5.79 Å². The fourth-order valence-corrected chi connectivity index (χ4v) is 1.82. The molecule has 1 aromatic carbocycles. The number of alkyl halides is 1. The summed E-state index contributed by atoms with van der Waals surface area (Å²) in [4.78, 5) is 0. The molecule has 1 unspecified atom stereocenters. The molecular weight excluding hydrogens is 228 g/mol. The van der Waals surface area contributed by atoms with Crippen molar-refractivity contribution in [3.05, 3.63) is 23.8 Å². The van der Waals surface area contributed by atoms with E-state index >= 15 is 0 Å². The Bertz CT molecular complexity index is 381.